The van der Waals surface area contributed by atoms with Gasteiger partial charge in [0.05, 0.1) is 25.9 Å². The largest absolute Gasteiger partial charge is 0.390 e. The monoisotopic (exact) mass is 298 g/mol. The number of aliphatic hydroxyl groups is 1. The lowest BCUT2D eigenvalue weighted by molar-refractivity contribution is -0.470. The lowest BCUT2D eigenvalue weighted by atomic mass is 9.89. The summed E-state index contributed by atoms with van der Waals surface area (Å²) >= 11 is 0. The predicted molar refractivity (Wildman–Crippen MR) is 76.7 cm³/mol. The maximum absolute atomic E-state index is 10.2. The van der Waals surface area contributed by atoms with E-state index >= 15 is 0 Å². The summed E-state index contributed by atoms with van der Waals surface area (Å²) in [4.78, 5) is 0. The standard InChI is InChI=1S/C16H26O5/c1-2-7-13(17)14-12-20-15(8-3-5-10-18-15)16(21-14)9-4-6-11-19-16/h2,13-14,17H,1,3-12H2/t13-,14+,15+,16+/m0/s1. The molecule has 0 unspecified atom stereocenters. The van der Waals surface area contributed by atoms with Crippen LogP contribution in [0.3, 0.4) is 0 Å². The van der Waals surface area contributed by atoms with Crippen LogP contribution in [0.5, 0.6) is 0 Å². The van der Waals surface area contributed by atoms with Gasteiger partial charge in [0, 0.05) is 12.8 Å². The number of ether oxygens (including phenoxy) is 4. The van der Waals surface area contributed by atoms with Crippen molar-refractivity contribution in [1.82, 2.24) is 0 Å². The minimum absolute atomic E-state index is 0.333. The fraction of sp³-hybridized carbons (Fsp3) is 0.875. The maximum atomic E-state index is 10.2. The third-order valence-corrected chi connectivity index (χ3v) is 4.71. The van der Waals surface area contributed by atoms with Crippen LogP contribution in [-0.2, 0) is 18.9 Å². The normalized spacial score (nSPS) is 42.0. The van der Waals surface area contributed by atoms with Crippen molar-refractivity contribution in [3.05, 3.63) is 12.7 Å². The third kappa shape index (κ3) is 2.78. The molecule has 3 aliphatic rings. The molecule has 120 valence electrons. The van der Waals surface area contributed by atoms with Crippen LogP contribution in [-0.4, -0.2) is 48.7 Å². The van der Waals surface area contributed by atoms with Gasteiger partial charge in [-0.3, -0.25) is 0 Å². The van der Waals surface area contributed by atoms with E-state index in [1.54, 1.807) is 6.08 Å². The first-order chi connectivity index (χ1) is 10.2. The lowest BCUT2D eigenvalue weighted by Crippen LogP contribution is -2.69. The smallest absolute Gasteiger partial charge is 0.224 e. The van der Waals surface area contributed by atoms with Gasteiger partial charge >= 0.3 is 0 Å². The Morgan fingerprint density at radius 1 is 1.05 bits per heavy atom. The van der Waals surface area contributed by atoms with Crippen LogP contribution in [0, 0.1) is 0 Å². The summed E-state index contributed by atoms with van der Waals surface area (Å²) in [7, 11) is 0. The first-order valence-corrected chi connectivity index (χ1v) is 8.10. The fourth-order valence-electron chi connectivity index (χ4n) is 3.55. The summed E-state index contributed by atoms with van der Waals surface area (Å²) < 4.78 is 24.4. The zero-order valence-electron chi connectivity index (χ0n) is 12.6. The van der Waals surface area contributed by atoms with E-state index in [1.807, 2.05) is 0 Å². The number of fused-ring (bicyclic) bond motifs is 1. The molecule has 0 bridgehead atoms. The van der Waals surface area contributed by atoms with E-state index < -0.39 is 23.8 Å². The van der Waals surface area contributed by atoms with Crippen molar-refractivity contribution in [1.29, 1.82) is 0 Å². The Morgan fingerprint density at radius 3 is 2.29 bits per heavy atom. The van der Waals surface area contributed by atoms with Gasteiger partial charge in [0.15, 0.2) is 0 Å². The molecule has 4 atom stereocenters. The average molecular weight is 298 g/mol. The summed E-state index contributed by atoms with van der Waals surface area (Å²) in [5, 5.41) is 10.2. The highest BCUT2D eigenvalue weighted by Gasteiger charge is 2.61. The quantitative estimate of drug-likeness (QED) is 0.809. The molecular formula is C16H26O5. The topological polar surface area (TPSA) is 57.2 Å². The van der Waals surface area contributed by atoms with Gasteiger partial charge in [-0.2, -0.15) is 0 Å². The molecule has 1 N–H and O–H groups in total. The first kappa shape index (κ1) is 15.4. The summed E-state index contributed by atoms with van der Waals surface area (Å²) in [6.45, 7) is 5.33. The van der Waals surface area contributed by atoms with Crippen molar-refractivity contribution in [2.45, 2.75) is 68.7 Å². The summed E-state index contributed by atoms with van der Waals surface area (Å²) in [5.74, 6) is -1.66. The highest BCUT2D eigenvalue weighted by molar-refractivity contribution is 4.98. The molecule has 3 heterocycles. The summed E-state index contributed by atoms with van der Waals surface area (Å²) in [6.07, 6.45) is 6.87. The van der Waals surface area contributed by atoms with Crippen molar-refractivity contribution < 1.29 is 24.1 Å². The third-order valence-electron chi connectivity index (χ3n) is 4.71. The second kappa shape index (κ2) is 6.34. The van der Waals surface area contributed by atoms with E-state index in [2.05, 4.69) is 6.58 Å². The van der Waals surface area contributed by atoms with Gasteiger partial charge in [0.25, 0.3) is 0 Å². The number of hydrogen-bond donors (Lipinski definition) is 1. The zero-order valence-corrected chi connectivity index (χ0v) is 12.6. The van der Waals surface area contributed by atoms with Crippen molar-refractivity contribution in [3.8, 4) is 0 Å². The minimum Gasteiger partial charge on any atom is -0.390 e. The molecule has 3 rings (SSSR count). The van der Waals surface area contributed by atoms with E-state index in [-0.39, 0.29) is 0 Å². The van der Waals surface area contributed by atoms with Crippen molar-refractivity contribution in [2.24, 2.45) is 0 Å². The van der Waals surface area contributed by atoms with E-state index in [0.29, 0.717) is 26.2 Å². The molecule has 2 spiro atoms. The first-order valence-electron chi connectivity index (χ1n) is 8.10. The Hall–Kier alpha value is -0.460. The van der Waals surface area contributed by atoms with Gasteiger partial charge in [0.2, 0.25) is 11.6 Å². The lowest BCUT2D eigenvalue weighted by Gasteiger charge is -2.56. The molecule has 0 aromatic carbocycles. The second-order valence-electron chi connectivity index (χ2n) is 6.18. The molecule has 0 aromatic rings. The molecule has 0 radical (unpaired) electrons. The molecule has 3 saturated heterocycles. The molecule has 5 nitrogen and oxygen atoms in total. The zero-order chi connectivity index (χ0) is 14.8. The molecular weight excluding hydrogens is 272 g/mol. The Morgan fingerprint density at radius 2 is 1.71 bits per heavy atom. The molecule has 0 aromatic heterocycles. The van der Waals surface area contributed by atoms with Crippen molar-refractivity contribution in [2.75, 3.05) is 19.8 Å². The van der Waals surface area contributed by atoms with E-state index in [1.165, 1.54) is 0 Å². The second-order valence-corrected chi connectivity index (χ2v) is 6.18. The summed E-state index contributed by atoms with van der Waals surface area (Å²) in [5.41, 5.74) is 0. The van der Waals surface area contributed by atoms with Gasteiger partial charge in [-0.05, 0) is 32.1 Å². The van der Waals surface area contributed by atoms with Crippen LogP contribution >= 0.6 is 0 Å². The maximum Gasteiger partial charge on any atom is 0.224 e. The van der Waals surface area contributed by atoms with E-state index in [0.717, 1.165) is 38.5 Å². The Kier molecular flexibility index (Phi) is 4.66. The number of rotatable bonds is 3. The number of aliphatic hydroxyl groups excluding tert-OH is 1. The van der Waals surface area contributed by atoms with E-state index in [4.69, 9.17) is 18.9 Å². The molecule has 0 saturated carbocycles. The van der Waals surface area contributed by atoms with Crippen LogP contribution in [0.1, 0.15) is 44.9 Å². The molecule has 3 fully saturated rings. The van der Waals surface area contributed by atoms with Gasteiger partial charge in [-0.1, -0.05) is 6.08 Å². The van der Waals surface area contributed by atoms with Gasteiger partial charge in [0.1, 0.15) is 6.10 Å². The van der Waals surface area contributed by atoms with Gasteiger partial charge in [-0.25, -0.2) is 0 Å². The van der Waals surface area contributed by atoms with Crippen LogP contribution in [0.25, 0.3) is 0 Å². The highest BCUT2D eigenvalue weighted by atomic mass is 16.8. The van der Waals surface area contributed by atoms with Crippen LogP contribution in [0.2, 0.25) is 0 Å². The highest BCUT2D eigenvalue weighted by Crippen LogP contribution is 2.48. The Balaban J connectivity index is 1.81. The molecule has 21 heavy (non-hydrogen) atoms. The minimum atomic E-state index is -0.864. The van der Waals surface area contributed by atoms with Gasteiger partial charge in [-0.15, -0.1) is 6.58 Å². The molecule has 0 aliphatic carbocycles. The van der Waals surface area contributed by atoms with E-state index in [9.17, 15) is 5.11 Å². The van der Waals surface area contributed by atoms with Crippen molar-refractivity contribution in [3.63, 3.8) is 0 Å². The van der Waals surface area contributed by atoms with Crippen molar-refractivity contribution >= 4 is 0 Å². The SMILES string of the molecule is C=CC[C@H](O)[C@H]1CO[C@]2(CCCCO2)[C@@]2(CCCCO2)O1. The Bertz CT molecular complexity index is 358. The Labute approximate surface area is 126 Å². The number of hydrogen-bond acceptors (Lipinski definition) is 5. The average Bonchev–Trinajstić information content (AvgIpc) is 2.52. The predicted octanol–water partition coefficient (Wildman–Crippen LogP) is 2.13. The molecule has 0 amide bonds. The van der Waals surface area contributed by atoms with Crippen LogP contribution in [0.4, 0.5) is 0 Å². The van der Waals surface area contributed by atoms with Crippen LogP contribution in [0.15, 0.2) is 12.7 Å². The van der Waals surface area contributed by atoms with Gasteiger partial charge < -0.3 is 24.1 Å². The fourth-order valence-corrected chi connectivity index (χ4v) is 3.55. The van der Waals surface area contributed by atoms with Crippen LogP contribution < -0.4 is 0 Å². The summed E-state index contributed by atoms with van der Waals surface area (Å²) in [6, 6.07) is 0. The molecule has 5 heteroatoms. The molecule has 3 aliphatic heterocycles.